The van der Waals surface area contributed by atoms with Gasteiger partial charge in [0.15, 0.2) is 11.2 Å². The Morgan fingerprint density at radius 3 is 2.72 bits per heavy atom. The van der Waals surface area contributed by atoms with Crippen molar-refractivity contribution < 1.29 is 4.42 Å². The molecule has 3 heterocycles. The van der Waals surface area contributed by atoms with E-state index in [4.69, 9.17) is 16.0 Å². The average molecular weight is 359 g/mol. The first-order chi connectivity index (χ1) is 11.9. The molecule has 0 aliphatic rings. The maximum atomic E-state index is 13.0. The summed E-state index contributed by atoms with van der Waals surface area (Å²) in [5.74, 6) is 0.983. The number of aromatic nitrogens is 4. The molecular formula is C17H15ClN4O3. The first kappa shape index (κ1) is 15.7. The van der Waals surface area contributed by atoms with E-state index in [1.807, 2.05) is 19.9 Å². The molecule has 0 unspecified atom stereocenters. The Hall–Kier alpha value is -2.80. The van der Waals surface area contributed by atoms with Gasteiger partial charge in [0.05, 0.1) is 12.2 Å². The summed E-state index contributed by atoms with van der Waals surface area (Å²) in [5.41, 5.74) is 1.34. The Morgan fingerprint density at radius 1 is 1.24 bits per heavy atom. The second kappa shape index (κ2) is 5.35. The lowest BCUT2D eigenvalue weighted by Gasteiger charge is -2.08. The van der Waals surface area contributed by atoms with Crippen molar-refractivity contribution in [1.29, 1.82) is 0 Å². The maximum absolute atomic E-state index is 13.0. The zero-order chi connectivity index (χ0) is 17.9. The molecule has 7 nitrogen and oxygen atoms in total. The molecule has 25 heavy (non-hydrogen) atoms. The average Bonchev–Trinajstić information content (AvgIpc) is 3.07. The first-order valence-corrected chi connectivity index (χ1v) is 8.08. The topological polar surface area (TPSA) is 74.4 Å². The number of halogens is 1. The minimum atomic E-state index is -0.437. The summed E-state index contributed by atoms with van der Waals surface area (Å²) < 4.78 is 9.78. The summed E-state index contributed by atoms with van der Waals surface area (Å²) in [6, 6.07) is 7.08. The third-order valence-electron chi connectivity index (χ3n) is 4.43. The van der Waals surface area contributed by atoms with Crippen molar-refractivity contribution in [3.05, 3.63) is 67.1 Å². The standard InChI is InChI=1S/C17H15ClN4O3/c1-9-10(2)25-16-19-14-13(22(9)16)15(23)21(17(24)20(14)3)8-11-5-4-6-12(18)7-11/h4-7H,8H2,1-3H3. The number of hydrogen-bond donors (Lipinski definition) is 0. The molecule has 128 valence electrons. The second-order valence-electron chi connectivity index (χ2n) is 6.01. The number of benzene rings is 1. The van der Waals surface area contributed by atoms with E-state index in [1.165, 1.54) is 9.13 Å². The molecule has 3 aromatic heterocycles. The molecular weight excluding hydrogens is 344 g/mol. The molecule has 4 rings (SSSR count). The third-order valence-corrected chi connectivity index (χ3v) is 4.67. The Bertz CT molecular complexity index is 1260. The summed E-state index contributed by atoms with van der Waals surface area (Å²) in [6.45, 7) is 3.78. The van der Waals surface area contributed by atoms with Crippen molar-refractivity contribution >= 4 is 28.6 Å². The van der Waals surface area contributed by atoms with Crippen LogP contribution in [0.3, 0.4) is 0 Å². The van der Waals surface area contributed by atoms with Gasteiger partial charge in [-0.3, -0.25) is 18.3 Å². The lowest BCUT2D eigenvalue weighted by molar-refractivity contribution is 0.561. The highest BCUT2D eigenvalue weighted by molar-refractivity contribution is 6.30. The normalized spacial score (nSPS) is 11.7. The number of fused-ring (bicyclic) bond motifs is 3. The van der Waals surface area contributed by atoms with Crippen molar-refractivity contribution in [2.45, 2.75) is 20.4 Å². The number of rotatable bonds is 2. The highest BCUT2D eigenvalue weighted by Gasteiger charge is 2.21. The van der Waals surface area contributed by atoms with Gasteiger partial charge in [0, 0.05) is 12.1 Å². The van der Waals surface area contributed by atoms with Crippen LogP contribution in [0.5, 0.6) is 0 Å². The van der Waals surface area contributed by atoms with E-state index in [1.54, 1.807) is 29.6 Å². The van der Waals surface area contributed by atoms with Gasteiger partial charge < -0.3 is 4.42 Å². The molecule has 0 atom stereocenters. The number of hydrogen-bond acceptors (Lipinski definition) is 4. The fraction of sp³-hybridized carbons (Fsp3) is 0.235. The Labute approximate surface area is 146 Å². The predicted octanol–water partition coefficient (Wildman–Crippen LogP) is 2.26. The molecule has 0 fully saturated rings. The van der Waals surface area contributed by atoms with Crippen molar-refractivity contribution in [2.24, 2.45) is 7.05 Å². The molecule has 0 saturated carbocycles. The number of imidazole rings is 1. The second-order valence-corrected chi connectivity index (χ2v) is 6.44. The Balaban J connectivity index is 2.06. The van der Waals surface area contributed by atoms with E-state index < -0.39 is 11.2 Å². The zero-order valence-corrected chi connectivity index (χ0v) is 14.7. The highest BCUT2D eigenvalue weighted by atomic mass is 35.5. The van der Waals surface area contributed by atoms with Crippen LogP contribution in [0.15, 0.2) is 38.3 Å². The van der Waals surface area contributed by atoms with E-state index in [0.29, 0.717) is 27.8 Å². The molecule has 0 aliphatic heterocycles. The molecule has 8 heteroatoms. The lowest BCUT2D eigenvalue weighted by Crippen LogP contribution is -2.39. The number of aryl methyl sites for hydroxylation is 3. The molecule has 1 aromatic carbocycles. The fourth-order valence-electron chi connectivity index (χ4n) is 3.01. The van der Waals surface area contributed by atoms with Crippen LogP contribution >= 0.6 is 11.6 Å². The smallest absolute Gasteiger partial charge is 0.332 e. The van der Waals surface area contributed by atoms with Gasteiger partial charge >= 0.3 is 11.5 Å². The van der Waals surface area contributed by atoms with Crippen molar-refractivity contribution in [2.75, 3.05) is 0 Å². The van der Waals surface area contributed by atoms with Crippen LogP contribution in [-0.2, 0) is 13.6 Å². The van der Waals surface area contributed by atoms with Crippen molar-refractivity contribution in [1.82, 2.24) is 18.5 Å². The Morgan fingerprint density at radius 2 is 2.00 bits per heavy atom. The molecule has 0 bridgehead atoms. The van der Waals surface area contributed by atoms with Gasteiger partial charge in [-0.1, -0.05) is 23.7 Å². The summed E-state index contributed by atoms with van der Waals surface area (Å²) in [7, 11) is 1.59. The van der Waals surface area contributed by atoms with E-state index >= 15 is 0 Å². The van der Waals surface area contributed by atoms with E-state index in [9.17, 15) is 9.59 Å². The third kappa shape index (κ3) is 2.23. The summed E-state index contributed by atoms with van der Waals surface area (Å²) in [4.78, 5) is 30.0. The quantitative estimate of drug-likeness (QED) is 0.551. The van der Waals surface area contributed by atoms with E-state index in [2.05, 4.69) is 4.98 Å². The van der Waals surface area contributed by atoms with Crippen molar-refractivity contribution in [3.8, 4) is 0 Å². The van der Waals surface area contributed by atoms with Gasteiger partial charge in [-0.25, -0.2) is 4.79 Å². The number of oxazole rings is 1. The molecule has 0 spiro atoms. The van der Waals surface area contributed by atoms with Crippen LogP contribution < -0.4 is 11.2 Å². The molecule has 0 N–H and O–H groups in total. The van der Waals surface area contributed by atoms with Crippen LogP contribution in [-0.4, -0.2) is 18.5 Å². The van der Waals surface area contributed by atoms with Crippen molar-refractivity contribution in [3.63, 3.8) is 0 Å². The largest absolute Gasteiger partial charge is 0.428 e. The first-order valence-electron chi connectivity index (χ1n) is 7.71. The molecule has 0 saturated heterocycles. The summed E-state index contributed by atoms with van der Waals surface area (Å²) >= 11 is 6.00. The fourth-order valence-corrected chi connectivity index (χ4v) is 3.22. The molecule has 0 amide bonds. The van der Waals surface area contributed by atoms with Crippen LogP contribution in [0.4, 0.5) is 0 Å². The van der Waals surface area contributed by atoms with E-state index in [0.717, 1.165) is 11.3 Å². The van der Waals surface area contributed by atoms with Gasteiger partial charge in [-0.15, -0.1) is 0 Å². The minimum absolute atomic E-state index is 0.130. The van der Waals surface area contributed by atoms with Gasteiger partial charge in [0.1, 0.15) is 5.76 Å². The maximum Gasteiger partial charge on any atom is 0.332 e. The molecule has 4 aromatic rings. The van der Waals surface area contributed by atoms with Crippen LogP contribution in [0, 0.1) is 13.8 Å². The van der Waals surface area contributed by atoms with Crippen LogP contribution in [0.25, 0.3) is 17.0 Å². The van der Waals surface area contributed by atoms with Gasteiger partial charge in [-0.05, 0) is 31.5 Å². The Kier molecular flexibility index (Phi) is 3.36. The summed E-state index contributed by atoms with van der Waals surface area (Å²) in [5, 5.41) is 0.552. The predicted molar refractivity (Wildman–Crippen MR) is 94.5 cm³/mol. The molecule has 0 aliphatic carbocycles. The van der Waals surface area contributed by atoms with Crippen LogP contribution in [0.2, 0.25) is 5.02 Å². The van der Waals surface area contributed by atoms with Gasteiger partial charge in [0.25, 0.3) is 5.56 Å². The lowest BCUT2D eigenvalue weighted by atomic mass is 10.2. The van der Waals surface area contributed by atoms with Gasteiger partial charge in [0.2, 0.25) is 0 Å². The zero-order valence-electron chi connectivity index (χ0n) is 13.9. The minimum Gasteiger partial charge on any atom is -0.428 e. The SMILES string of the molecule is Cc1oc2nc3c(c(=O)n(Cc4cccc(Cl)c4)c(=O)n3C)n2c1C. The summed E-state index contributed by atoms with van der Waals surface area (Å²) in [6.07, 6.45) is 0. The molecule has 0 radical (unpaired) electrons. The monoisotopic (exact) mass is 358 g/mol. The highest BCUT2D eigenvalue weighted by Crippen LogP contribution is 2.19. The van der Waals surface area contributed by atoms with E-state index in [-0.39, 0.29) is 6.54 Å². The van der Waals surface area contributed by atoms with Gasteiger partial charge in [-0.2, -0.15) is 4.98 Å². The van der Waals surface area contributed by atoms with Crippen LogP contribution in [0.1, 0.15) is 17.0 Å². The number of nitrogens with zero attached hydrogens (tertiary/aromatic N) is 4.